The summed E-state index contributed by atoms with van der Waals surface area (Å²) in [5.41, 5.74) is 11.0. The molecule has 1 saturated heterocycles. The maximum Gasteiger partial charge on any atom is 0.524 e. The molecule has 1 aliphatic heterocycles. The number of primary amides is 2. The van der Waals surface area contributed by atoms with Crippen LogP contribution in [-0.4, -0.2) is 104 Å². The van der Waals surface area contributed by atoms with Gasteiger partial charge in [-0.2, -0.15) is 0 Å². The summed E-state index contributed by atoms with van der Waals surface area (Å²) >= 11 is 0. The monoisotopic (exact) mass is 755 g/mol. The molecule has 0 radical (unpaired) electrons. The number of nitrogens with zero attached hydrogens (tertiary/aromatic N) is 1. The second-order valence-corrected chi connectivity index (χ2v) is 14.3. The minimum absolute atomic E-state index is 0.0562. The van der Waals surface area contributed by atoms with Crippen molar-refractivity contribution in [1.82, 2.24) is 26.2 Å². The van der Waals surface area contributed by atoms with Gasteiger partial charge < -0.3 is 47.3 Å². The van der Waals surface area contributed by atoms with E-state index >= 15 is 0 Å². The molecule has 6 atom stereocenters. The zero-order chi connectivity index (χ0) is 39.3. The SMILES string of the molecule is CC(=O)N[C@@H](Cc1ccc(OP(=O)(O)O)cc1)C(=O)N[C@@H](CC(C)C)C(=O)N1CCCC[C@H]1C(=O)N[C@@H](CCC(N)=O)C(=O)N[C@H](C(N)=O)C(C)O. The summed E-state index contributed by atoms with van der Waals surface area (Å²) in [5.74, 6) is -5.48. The molecule has 19 nitrogen and oxygen atoms in total. The maximum atomic E-state index is 14.1. The quantitative estimate of drug-likeness (QED) is 0.0708. The van der Waals surface area contributed by atoms with E-state index in [0.29, 0.717) is 18.4 Å². The predicted molar refractivity (Wildman–Crippen MR) is 184 cm³/mol. The number of phosphoric acid groups is 1. The van der Waals surface area contributed by atoms with Gasteiger partial charge in [0.1, 0.15) is 36.0 Å². The van der Waals surface area contributed by atoms with Gasteiger partial charge in [-0.25, -0.2) is 4.57 Å². The molecule has 7 amide bonds. The van der Waals surface area contributed by atoms with Crippen LogP contribution >= 0.6 is 7.82 Å². The minimum atomic E-state index is -4.80. The van der Waals surface area contributed by atoms with Crippen LogP contribution in [0.3, 0.4) is 0 Å². The Bertz CT molecular complexity index is 1500. The number of rotatable bonds is 19. The van der Waals surface area contributed by atoms with Gasteiger partial charge in [-0.3, -0.25) is 43.3 Å². The van der Waals surface area contributed by atoms with E-state index in [1.165, 1.54) is 43.0 Å². The van der Waals surface area contributed by atoms with E-state index in [1.807, 2.05) is 13.8 Å². The summed E-state index contributed by atoms with van der Waals surface area (Å²) in [6.45, 7) is 6.24. The van der Waals surface area contributed by atoms with Gasteiger partial charge in [-0.1, -0.05) is 26.0 Å². The normalized spacial score (nSPS) is 17.5. The number of hydrogen-bond acceptors (Lipinski definition) is 10. The van der Waals surface area contributed by atoms with Crippen molar-refractivity contribution in [1.29, 1.82) is 0 Å². The molecular weight excluding hydrogens is 705 g/mol. The first-order valence-electron chi connectivity index (χ1n) is 16.8. The Kier molecular flexibility index (Phi) is 16.7. The molecule has 0 aromatic heterocycles. The topological polar surface area (TPSA) is 310 Å². The van der Waals surface area contributed by atoms with Gasteiger partial charge in [0, 0.05) is 26.3 Å². The van der Waals surface area contributed by atoms with Gasteiger partial charge >= 0.3 is 7.82 Å². The number of nitrogens with two attached hydrogens (primary N) is 2. The standard InChI is InChI=1S/C32H50N7O12P/c1-17(2)15-24(37-30(45)23(35-19(4)41)16-20-8-10-21(11-9-20)51-52(48,49)50)32(47)39-14-6-5-7-25(39)31(46)36-22(12-13-26(33)42)29(44)38-27(18(3)40)28(34)43/h8-11,17-18,22-25,27,40H,5-7,12-16H2,1-4H3,(H2,33,42)(H2,34,43)(H,35,41)(H,36,46)(H,37,45)(H,38,44)(H2,48,49,50)/t18?,22-,23-,24-,25-,27-/m0/s1. The van der Waals surface area contributed by atoms with Crippen molar-refractivity contribution in [2.24, 2.45) is 17.4 Å². The van der Waals surface area contributed by atoms with Gasteiger partial charge in [0.05, 0.1) is 6.10 Å². The van der Waals surface area contributed by atoms with E-state index in [4.69, 9.17) is 21.3 Å². The summed E-state index contributed by atoms with van der Waals surface area (Å²) < 4.78 is 15.7. The predicted octanol–water partition coefficient (Wildman–Crippen LogP) is -1.78. The first kappa shape index (κ1) is 43.6. The average Bonchev–Trinajstić information content (AvgIpc) is 3.03. The Morgan fingerprint density at radius 3 is 2.04 bits per heavy atom. The van der Waals surface area contributed by atoms with Crippen molar-refractivity contribution in [3.8, 4) is 5.75 Å². The molecule has 11 N–H and O–H groups in total. The van der Waals surface area contributed by atoms with Crippen molar-refractivity contribution in [2.75, 3.05) is 6.54 Å². The van der Waals surface area contributed by atoms with Crippen molar-refractivity contribution < 1.29 is 57.5 Å². The van der Waals surface area contributed by atoms with Crippen LogP contribution < -0.4 is 37.3 Å². The molecule has 52 heavy (non-hydrogen) atoms. The third-order valence-electron chi connectivity index (χ3n) is 8.09. The Hall–Kier alpha value is -4.58. The zero-order valence-corrected chi connectivity index (χ0v) is 30.5. The lowest BCUT2D eigenvalue weighted by Crippen LogP contribution is -2.61. The fraction of sp³-hybridized carbons (Fsp3) is 0.594. The van der Waals surface area contributed by atoms with E-state index in [0.717, 1.165) is 0 Å². The van der Waals surface area contributed by atoms with Crippen molar-refractivity contribution in [2.45, 2.75) is 109 Å². The second kappa shape index (κ2) is 19.9. The third-order valence-corrected chi connectivity index (χ3v) is 8.54. The lowest BCUT2D eigenvalue weighted by molar-refractivity contribution is -0.146. The molecule has 1 unspecified atom stereocenters. The highest BCUT2D eigenvalue weighted by Gasteiger charge is 2.39. The van der Waals surface area contributed by atoms with Crippen LogP contribution in [0, 0.1) is 5.92 Å². The molecular formula is C32H50N7O12P. The second-order valence-electron chi connectivity index (χ2n) is 13.1. The van der Waals surface area contributed by atoms with Gasteiger partial charge in [0.2, 0.25) is 41.4 Å². The van der Waals surface area contributed by atoms with Crippen molar-refractivity contribution in [3.05, 3.63) is 29.8 Å². The molecule has 0 spiro atoms. The Labute approximate surface area is 301 Å². The van der Waals surface area contributed by atoms with Crippen LogP contribution in [0.4, 0.5) is 0 Å². The molecule has 0 aliphatic carbocycles. The summed E-state index contributed by atoms with van der Waals surface area (Å²) in [7, 11) is -4.80. The van der Waals surface area contributed by atoms with Crippen molar-refractivity contribution in [3.63, 3.8) is 0 Å². The summed E-state index contributed by atoms with van der Waals surface area (Å²) in [5, 5.41) is 20.0. The molecule has 20 heteroatoms. The van der Waals surface area contributed by atoms with Crippen LogP contribution in [0.25, 0.3) is 0 Å². The first-order chi connectivity index (χ1) is 24.2. The molecule has 0 bridgehead atoms. The molecule has 1 fully saturated rings. The Morgan fingerprint density at radius 1 is 0.904 bits per heavy atom. The van der Waals surface area contributed by atoms with E-state index in [1.54, 1.807) is 0 Å². The minimum Gasteiger partial charge on any atom is -0.404 e. The molecule has 290 valence electrons. The van der Waals surface area contributed by atoms with Gasteiger partial charge in [-0.15, -0.1) is 0 Å². The summed E-state index contributed by atoms with van der Waals surface area (Å²) in [6.07, 6.45) is -0.538. The van der Waals surface area contributed by atoms with Crippen LogP contribution in [0.5, 0.6) is 5.75 Å². The Balaban J connectivity index is 2.31. The number of likely N-dealkylation sites (tertiary alicyclic amines) is 1. The molecule has 1 aliphatic rings. The van der Waals surface area contributed by atoms with Crippen molar-refractivity contribution >= 4 is 49.2 Å². The van der Waals surface area contributed by atoms with Crippen LogP contribution in [0.15, 0.2) is 24.3 Å². The summed E-state index contributed by atoms with van der Waals surface area (Å²) in [4.78, 5) is 109. The van der Waals surface area contributed by atoms with Gasteiger partial charge in [-0.05, 0) is 62.6 Å². The van der Waals surface area contributed by atoms with Crippen LogP contribution in [0.1, 0.15) is 71.8 Å². The lowest BCUT2D eigenvalue weighted by atomic mass is 9.96. The van der Waals surface area contributed by atoms with E-state index < -0.39 is 85.5 Å². The van der Waals surface area contributed by atoms with Crippen LogP contribution in [0.2, 0.25) is 0 Å². The number of carbonyl (C=O) groups is 7. The molecule has 1 heterocycles. The maximum absolute atomic E-state index is 14.1. The number of amides is 7. The molecule has 0 saturated carbocycles. The highest BCUT2D eigenvalue weighted by Crippen LogP contribution is 2.37. The highest BCUT2D eigenvalue weighted by molar-refractivity contribution is 7.46. The molecule has 1 aromatic rings. The fourth-order valence-electron chi connectivity index (χ4n) is 5.65. The number of aliphatic hydroxyl groups is 1. The lowest BCUT2D eigenvalue weighted by Gasteiger charge is -2.38. The number of piperidine rings is 1. The average molecular weight is 756 g/mol. The number of phosphoric ester groups is 1. The fourth-order valence-corrected chi connectivity index (χ4v) is 6.05. The number of aliphatic hydroxyl groups excluding tert-OH is 1. The van der Waals surface area contributed by atoms with E-state index in [-0.39, 0.29) is 50.3 Å². The highest BCUT2D eigenvalue weighted by atomic mass is 31.2. The largest absolute Gasteiger partial charge is 0.524 e. The smallest absolute Gasteiger partial charge is 0.404 e. The summed E-state index contributed by atoms with van der Waals surface area (Å²) in [6, 6.07) is -0.772. The third kappa shape index (κ3) is 14.6. The number of hydrogen-bond donors (Lipinski definition) is 9. The molecule has 1 aromatic carbocycles. The number of carbonyl (C=O) groups excluding carboxylic acids is 7. The van der Waals surface area contributed by atoms with Gasteiger partial charge in [0.15, 0.2) is 0 Å². The van der Waals surface area contributed by atoms with Gasteiger partial charge in [0.25, 0.3) is 0 Å². The zero-order valence-electron chi connectivity index (χ0n) is 29.6. The first-order valence-corrected chi connectivity index (χ1v) is 18.3. The van der Waals surface area contributed by atoms with Crippen LogP contribution in [-0.2, 0) is 44.5 Å². The number of nitrogens with one attached hydrogen (secondary N) is 4. The van der Waals surface area contributed by atoms with E-state index in [2.05, 4.69) is 25.8 Å². The molecule has 2 rings (SSSR count). The number of benzene rings is 1. The Morgan fingerprint density at radius 2 is 1.52 bits per heavy atom. The van der Waals surface area contributed by atoms with E-state index in [9.17, 15) is 43.2 Å².